The first-order valence-corrected chi connectivity index (χ1v) is 20.9. The van der Waals surface area contributed by atoms with Gasteiger partial charge in [-0.25, -0.2) is 0 Å². The summed E-state index contributed by atoms with van der Waals surface area (Å²) >= 11 is 0. The molecule has 4 heteroatoms. The van der Waals surface area contributed by atoms with Gasteiger partial charge in [0.15, 0.2) is 5.58 Å². The number of fused-ring (bicyclic) bond motifs is 7. The van der Waals surface area contributed by atoms with Crippen molar-refractivity contribution >= 4 is 61.2 Å². The number of allylic oxidation sites excluding steroid dienone is 2. The van der Waals surface area contributed by atoms with E-state index in [1.807, 2.05) is 12.1 Å². The summed E-state index contributed by atoms with van der Waals surface area (Å²) in [5, 5.41) is 3.36. The van der Waals surface area contributed by atoms with Crippen LogP contribution in [0, 0.1) is 5.92 Å². The normalized spacial score (nSPS) is 18.7. The monoisotopic (exact) mass is 776 g/mol. The number of rotatable bonds is 6. The van der Waals surface area contributed by atoms with Crippen molar-refractivity contribution in [3.8, 4) is 22.3 Å². The van der Waals surface area contributed by atoms with Gasteiger partial charge in [-0.05, 0) is 91.1 Å². The zero-order valence-electron chi connectivity index (χ0n) is 33.8. The molecule has 2 aliphatic rings. The van der Waals surface area contributed by atoms with Gasteiger partial charge in [0, 0.05) is 56.3 Å². The average Bonchev–Trinajstić information content (AvgIpc) is 3.86. The van der Waals surface area contributed by atoms with Gasteiger partial charge in [0.25, 0.3) is 0 Å². The fourth-order valence-electron chi connectivity index (χ4n) is 9.97. The molecule has 4 nitrogen and oxygen atoms in total. The van der Waals surface area contributed by atoms with Crippen LogP contribution in [0.2, 0.25) is 0 Å². The summed E-state index contributed by atoms with van der Waals surface area (Å²) in [4.78, 5) is 4.91. The van der Waals surface area contributed by atoms with E-state index in [0.29, 0.717) is 0 Å². The van der Waals surface area contributed by atoms with Crippen molar-refractivity contribution in [3.63, 3.8) is 0 Å². The van der Waals surface area contributed by atoms with Crippen LogP contribution in [0.3, 0.4) is 0 Å². The second kappa shape index (κ2) is 14.2. The Labute approximate surface area is 350 Å². The third kappa shape index (κ3) is 5.74. The molecule has 9 aromatic rings. The van der Waals surface area contributed by atoms with Crippen molar-refractivity contribution in [1.29, 1.82) is 0 Å². The average molecular weight is 777 g/mol. The standard InChI is InChI=1S/C56H44N2O2/c1-37-36-49-48-23-15-25-51(55(48)60-53(49)38(2)50-24-12-13-35-56(50,3)58(37)44-18-8-5-9-19-44)57(42-31-27-40(28-32-42)39-16-6-4-7-17-39)43-33-29-41(30-34-43)45-21-14-22-47-46-20-10-11-26-52(46)59-54(45)47/h4-35,37,50H,2,36H2,1,3H3/t37-,50?,56?/m0/s1. The van der Waals surface area contributed by atoms with E-state index in [1.54, 1.807) is 0 Å². The van der Waals surface area contributed by atoms with E-state index in [-0.39, 0.29) is 17.5 Å². The number of furan rings is 2. The zero-order valence-corrected chi connectivity index (χ0v) is 33.8. The number of nitrogens with zero attached hydrogens (tertiary/aromatic N) is 2. The van der Waals surface area contributed by atoms with Crippen molar-refractivity contribution in [2.45, 2.75) is 31.8 Å². The van der Waals surface area contributed by atoms with Gasteiger partial charge in [-0.1, -0.05) is 152 Å². The summed E-state index contributed by atoms with van der Waals surface area (Å²) < 4.78 is 13.7. The highest BCUT2D eigenvalue weighted by Gasteiger charge is 2.45. The Hall–Kier alpha value is -7.30. The molecule has 1 aliphatic heterocycles. The van der Waals surface area contributed by atoms with Gasteiger partial charge < -0.3 is 18.6 Å². The minimum atomic E-state index is -0.340. The molecule has 7 aromatic carbocycles. The van der Waals surface area contributed by atoms with Crippen molar-refractivity contribution in [1.82, 2.24) is 0 Å². The van der Waals surface area contributed by atoms with Gasteiger partial charge in [-0.15, -0.1) is 0 Å². The number of benzene rings is 7. The van der Waals surface area contributed by atoms with Crippen LogP contribution in [0.5, 0.6) is 0 Å². The van der Waals surface area contributed by atoms with E-state index >= 15 is 0 Å². The lowest BCUT2D eigenvalue weighted by atomic mass is 9.72. The molecule has 0 bridgehead atoms. The van der Waals surface area contributed by atoms with E-state index in [1.165, 1.54) is 22.4 Å². The van der Waals surface area contributed by atoms with Crippen molar-refractivity contribution < 1.29 is 8.83 Å². The third-order valence-electron chi connectivity index (χ3n) is 12.8. The van der Waals surface area contributed by atoms with Crippen LogP contribution >= 0.6 is 0 Å². The molecule has 11 rings (SSSR count). The maximum absolute atomic E-state index is 7.21. The smallest absolute Gasteiger partial charge is 0.159 e. The first-order chi connectivity index (χ1) is 29.5. The van der Waals surface area contributed by atoms with Crippen LogP contribution < -0.4 is 9.80 Å². The summed E-state index contributed by atoms with van der Waals surface area (Å²) in [5.74, 6) is 0.889. The van der Waals surface area contributed by atoms with Gasteiger partial charge in [0.05, 0.1) is 11.2 Å². The lowest BCUT2D eigenvalue weighted by molar-refractivity contribution is 0.397. The summed E-state index contributed by atoms with van der Waals surface area (Å²) in [6.45, 7) is 9.49. The SMILES string of the molecule is C=C1c2oc3c(N(c4ccc(-c5ccccc5)cc4)c4ccc(-c5cccc6c5oc5ccccc56)cc4)cccc3c2C[C@H](C)N(c2ccccc2)C2(C)C=CC=CC12. The molecule has 3 heterocycles. The fourth-order valence-corrected chi connectivity index (χ4v) is 9.97. The summed E-state index contributed by atoms with van der Waals surface area (Å²) in [6.07, 6.45) is 9.76. The number of hydrogen-bond acceptors (Lipinski definition) is 4. The van der Waals surface area contributed by atoms with E-state index in [0.717, 1.165) is 78.9 Å². The second-order valence-corrected chi connectivity index (χ2v) is 16.4. The molecule has 3 atom stereocenters. The van der Waals surface area contributed by atoms with Crippen LogP contribution in [0.4, 0.5) is 22.7 Å². The van der Waals surface area contributed by atoms with Crippen LogP contribution in [-0.2, 0) is 6.42 Å². The molecule has 2 unspecified atom stereocenters. The van der Waals surface area contributed by atoms with E-state index in [2.05, 4.69) is 206 Å². The molecule has 0 N–H and O–H groups in total. The maximum atomic E-state index is 7.21. The highest BCUT2D eigenvalue weighted by molar-refractivity contribution is 6.09. The summed E-state index contributed by atoms with van der Waals surface area (Å²) in [6, 6.07) is 60.4. The number of anilines is 4. The Kier molecular flexibility index (Phi) is 8.49. The van der Waals surface area contributed by atoms with Crippen molar-refractivity contribution in [2.24, 2.45) is 5.92 Å². The van der Waals surface area contributed by atoms with Crippen LogP contribution in [0.1, 0.15) is 25.2 Å². The van der Waals surface area contributed by atoms with E-state index in [9.17, 15) is 0 Å². The second-order valence-electron chi connectivity index (χ2n) is 16.4. The Bertz CT molecular complexity index is 3120. The molecule has 60 heavy (non-hydrogen) atoms. The highest BCUT2D eigenvalue weighted by Crippen LogP contribution is 2.50. The van der Waals surface area contributed by atoms with Gasteiger partial charge >= 0.3 is 0 Å². The Morgan fingerprint density at radius 1 is 0.600 bits per heavy atom. The Balaban J connectivity index is 1.06. The lowest BCUT2D eigenvalue weighted by Gasteiger charge is -2.51. The first-order valence-electron chi connectivity index (χ1n) is 20.9. The van der Waals surface area contributed by atoms with Crippen LogP contribution in [0.15, 0.2) is 210 Å². The van der Waals surface area contributed by atoms with Crippen molar-refractivity contribution in [2.75, 3.05) is 9.80 Å². The summed E-state index contributed by atoms with van der Waals surface area (Å²) in [5.41, 5.74) is 13.2. The molecule has 290 valence electrons. The van der Waals surface area contributed by atoms with Crippen LogP contribution in [0.25, 0.3) is 60.7 Å². The maximum Gasteiger partial charge on any atom is 0.159 e. The number of hydrogen-bond donors (Lipinski definition) is 0. The molecular formula is C56H44N2O2. The minimum absolute atomic E-state index is 0.00129. The van der Waals surface area contributed by atoms with Gasteiger partial charge in [0.1, 0.15) is 16.9 Å². The first kappa shape index (κ1) is 35.8. The molecule has 0 radical (unpaired) electrons. The fraction of sp³-hybridized carbons (Fsp3) is 0.107. The van der Waals surface area contributed by atoms with E-state index < -0.39 is 0 Å². The van der Waals surface area contributed by atoms with Crippen molar-refractivity contribution in [3.05, 3.63) is 212 Å². The quantitative estimate of drug-likeness (QED) is 0.168. The molecule has 0 saturated carbocycles. The minimum Gasteiger partial charge on any atom is -0.455 e. The molecule has 1 aliphatic carbocycles. The predicted octanol–water partition coefficient (Wildman–Crippen LogP) is 15.1. The molecule has 2 aromatic heterocycles. The topological polar surface area (TPSA) is 32.8 Å². The summed E-state index contributed by atoms with van der Waals surface area (Å²) in [7, 11) is 0. The molecule has 0 fully saturated rings. The largest absolute Gasteiger partial charge is 0.455 e. The molecule has 0 saturated heterocycles. The van der Waals surface area contributed by atoms with Gasteiger partial charge in [-0.3, -0.25) is 0 Å². The lowest BCUT2D eigenvalue weighted by Crippen LogP contribution is -2.56. The predicted molar refractivity (Wildman–Crippen MR) is 250 cm³/mol. The molecular weight excluding hydrogens is 733 g/mol. The van der Waals surface area contributed by atoms with Gasteiger partial charge in [-0.2, -0.15) is 0 Å². The zero-order chi connectivity index (χ0) is 40.4. The molecule has 0 amide bonds. The number of para-hydroxylation sites is 4. The van der Waals surface area contributed by atoms with Crippen LogP contribution in [-0.4, -0.2) is 11.6 Å². The third-order valence-corrected chi connectivity index (χ3v) is 12.8. The van der Waals surface area contributed by atoms with E-state index in [4.69, 9.17) is 15.4 Å². The van der Waals surface area contributed by atoms with Gasteiger partial charge in [0.2, 0.25) is 0 Å². The Morgan fingerprint density at radius 3 is 2.00 bits per heavy atom. The Morgan fingerprint density at radius 2 is 1.23 bits per heavy atom. The highest BCUT2D eigenvalue weighted by atomic mass is 16.3. The molecule has 0 spiro atoms.